The van der Waals surface area contributed by atoms with E-state index in [4.69, 9.17) is 21.1 Å². The molecule has 0 aromatic heterocycles. The number of rotatable bonds is 13. The third kappa shape index (κ3) is 12.0. The van der Waals surface area contributed by atoms with Gasteiger partial charge in [-0.1, -0.05) is 29.8 Å². The van der Waals surface area contributed by atoms with Crippen molar-refractivity contribution in [1.29, 1.82) is 0 Å². The molecule has 0 aliphatic carbocycles. The van der Waals surface area contributed by atoms with Gasteiger partial charge in [-0.25, -0.2) is 9.59 Å². The van der Waals surface area contributed by atoms with Crippen molar-refractivity contribution in [1.82, 2.24) is 24.5 Å². The lowest BCUT2D eigenvalue weighted by Crippen LogP contribution is -2.52. The SMILES string of the molecule is CN(C)CCCOC(=O)CCN1CCC(C2CCN(C(=O)[C@@H](Cc3cc(Cl)c(O)c(C(F)(F)F)c3)OC(=O)N3CCC(N4CCc5ccccc5NC4=O)CC3)CC2)CC1. The predicted octanol–water partition coefficient (Wildman–Crippen LogP) is 6.50. The summed E-state index contributed by atoms with van der Waals surface area (Å²) < 4.78 is 52.8. The quantitative estimate of drug-likeness (QED) is 0.171. The van der Waals surface area contributed by atoms with Crippen molar-refractivity contribution in [2.45, 2.75) is 82.5 Å². The molecule has 17 heteroatoms. The van der Waals surface area contributed by atoms with E-state index in [1.54, 1.807) is 9.80 Å². The Hall–Kier alpha value is -4.28. The molecular formula is C43H58ClF3N6O7. The molecule has 6 rings (SSSR count). The average molecular weight is 863 g/mol. The Bertz CT molecular complexity index is 1810. The van der Waals surface area contributed by atoms with Gasteiger partial charge in [0.25, 0.3) is 5.91 Å². The van der Waals surface area contributed by atoms with Gasteiger partial charge in [0.05, 0.1) is 23.6 Å². The molecule has 330 valence electrons. The van der Waals surface area contributed by atoms with Gasteiger partial charge in [-0.3, -0.25) is 9.59 Å². The Morgan fingerprint density at radius 2 is 1.58 bits per heavy atom. The Balaban J connectivity index is 1.03. The second-order valence-corrected chi connectivity index (χ2v) is 17.2. The summed E-state index contributed by atoms with van der Waals surface area (Å²) in [6.07, 6.45) is -1.24. The zero-order chi connectivity index (χ0) is 43.0. The highest BCUT2D eigenvalue weighted by Crippen LogP contribution is 2.41. The van der Waals surface area contributed by atoms with E-state index in [0.29, 0.717) is 70.3 Å². The number of piperidine rings is 3. The normalized spacial score (nSPS) is 19.4. The number of amides is 4. The van der Waals surface area contributed by atoms with Crippen LogP contribution in [-0.2, 0) is 38.1 Å². The van der Waals surface area contributed by atoms with Crippen LogP contribution in [0.1, 0.15) is 68.1 Å². The third-order valence-electron chi connectivity index (χ3n) is 12.5. The molecular weight excluding hydrogens is 805 g/mol. The number of urea groups is 1. The van der Waals surface area contributed by atoms with E-state index < -0.39 is 40.6 Å². The van der Waals surface area contributed by atoms with Crippen LogP contribution in [0, 0.1) is 11.8 Å². The summed E-state index contributed by atoms with van der Waals surface area (Å²) >= 11 is 6.03. The first kappa shape index (κ1) is 45.3. The minimum absolute atomic E-state index is 0.0117. The number of halogens is 4. The molecule has 0 bridgehead atoms. The van der Waals surface area contributed by atoms with Crippen molar-refractivity contribution in [2.24, 2.45) is 11.8 Å². The number of ether oxygens (including phenoxy) is 2. The fraction of sp³-hybridized carbons (Fsp3) is 0.628. The predicted molar refractivity (Wildman–Crippen MR) is 220 cm³/mol. The van der Waals surface area contributed by atoms with E-state index in [0.717, 1.165) is 75.1 Å². The maximum atomic E-state index is 14.2. The van der Waals surface area contributed by atoms with E-state index in [1.807, 2.05) is 38.4 Å². The number of esters is 1. The number of nitrogens with zero attached hydrogens (tertiary/aromatic N) is 5. The van der Waals surface area contributed by atoms with E-state index in [9.17, 15) is 37.5 Å². The van der Waals surface area contributed by atoms with E-state index >= 15 is 0 Å². The van der Waals surface area contributed by atoms with Gasteiger partial charge < -0.3 is 44.4 Å². The first-order valence-corrected chi connectivity index (χ1v) is 21.5. The highest BCUT2D eigenvalue weighted by molar-refractivity contribution is 6.32. The molecule has 60 heavy (non-hydrogen) atoms. The van der Waals surface area contributed by atoms with Crippen LogP contribution in [0.3, 0.4) is 0 Å². The fourth-order valence-electron chi connectivity index (χ4n) is 9.01. The van der Waals surface area contributed by atoms with Gasteiger partial charge in [-0.05, 0) is 120 Å². The van der Waals surface area contributed by atoms with Gasteiger partial charge in [-0.15, -0.1) is 0 Å². The number of benzene rings is 2. The lowest BCUT2D eigenvalue weighted by Gasteiger charge is -2.41. The van der Waals surface area contributed by atoms with Crippen LogP contribution in [0.15, 0.2) is 36.4 Å². The van der Waals surface area contributed by atoms with E-state index in [-0.39, 0.29) is 43.1 Å². The second-order valence-electron chi connectivity index (χ2n) is 16.8. The lowest BCUT2D eigenvalue weighted by atomic mass is 9.78. The van der Waals surface area contributed by atoms with Crippen LogP contribution < -0.4 is 5.32 Å². The number of para-hydroxylation sites is 1. The van der Waals surface area contributed by atoms with Gasteiger partial charge in [-0.2, -0.15) is 13.2 Å². The van der Waals surface area contributed by atoms with Crippen LogP contribution in [0.4, 0.5) is 28.4 Å². The highest BCUT2D eigenvalue weighted by atomic mass is 35.5. The largest absolute Gasteiger partial charge is 0.506 e. The zero-order valence-corrected chi connectivity index (χ0v) is 35.3. The van der Waals surface area contributed by atoms with Gasteiger partial charge in [0.2, 0.25) is 0 Å². The molecule has 0 spiro atoms. The third-order valence-corrected chi connectivity index (χ3v) is 12.8. The number of carbonyl (C=O) groups excluding carboxylic acids is 4. The zero-order valence-electron chi connectivity index (χ0n) is 34.6. The van der Waals surface area contributed by atoms with Crippen molar-refractivity contribution in [3.8, 4) is 5.75 Å². The molecule has 4 amide bonds. The maximum Gasteiger partial charge on any atom is 0.420 e. The Labute approximate surface area is 355 Å². The number of nitrogens with one attached hydrogen (secondary N) is 1. The fourth-order valence-corrected chi connectivity index (χ4v) is 9.25. The summed E-state index contributed by atoms with van der Waals surface area (Å²) in [4.78, 5) is 62.5. The molecule has 2 N–H and O–H groups in total. The molecule has 0 radical (unpaired) electrons. The molecule has 13 nitrogen and oxygen atoms in total. The number of fused-ring (bicyclic) bond motifs is 1. The number of anilines is 1. The second kappa shape index (κ2) is 20.5. The number of hydrogen-bond acceptors (Lipinski definition) is 9. The number of carbonyl (C=O) groups is 4. The summed E-state index contributed by atoms with van der Waals surface area (Å²) in [7, 11) is 3.96. The summed E-state index contributed by atoms with van der Waals surface area (Å²) in [5, 5.41) is 12.5. The van der Waals surface area contributed by atoms with Crippen LogP contribution in [0.2, 0.25) is 5.02 Å². The van der Waals surface area contributed by atoms with Crippen LogP contribution >= 0.6 is 11.6 Å². The summed E-state index contributed by atoms with van der Waals surface area (Å²) in [5.41, 5.74) is 0.476. The average Bonchev–Trinajstić information content (AvgIpc) is 3.40. The van der Waals surface area contributed by atoms with Gasteiger partial charge in [0.15, 0.2) is 6.10 Å². The summed E-state index contributed by atoms with van der Waals surface area (Å²) in [6, 6.07) is 9.22. The first-order valence-electron chi connectivity index (χ1n) is 21.2. The smallest absolute Gasteiger partial charge is 0.420 e. The van der Waals surface area contributed by atoms with Gasteiger partial charge >= 0.3 is 24.3 Å². The highest BCUT2D eigenvalue weighted by Gasteiger charge is 2.39. The number of alkyl halides is 3. The summed E-state index contributed by atoms with van der Waals surface area (Å²) in [6.45, 7) is 5.56. The monoisotopic (exact) mass is 862 g/mol. The number of phenols is 1. The minimum Gasteiger partial charge on any atom is -0.506 e. The number of hydrogen-bond donors (Lipinski definition) is 2. The van der Waals surface area contributed by atoms with Crippen LogP contribution in [0.25, 0.3) is 0 Å². The van der Waals surface area contributed by atoms with Crippen LogP contribution in [0.5, 0.6) is 5.75 Å². The van der Waals surface area contributed by atoms with E-state index in [1.165, 1.54) is 4.90 Å². The molecule has 4 aliphatic rings. The Morgan fingerprint density at radius 1 is 0.933 bits per heavy atom. The topological polar surface area (TPSA) is 135 Å². The van der Waals surface area contributed by atoms with Gasteiger partial charge in [0.1, 0.15) is 5.75 Å². The summed E-state index contributed by atoms with van der Waals surface area (Å²) in [5.74, 6) is -0.950. The Morgan fingerprint density at radius 3 is 2.25 bits per heavy atom. The molecule has 3 saturated heterocycles. The van der Waals surface area contributed by atoms with Crippen molar-refractivity contribution < 1.29 is 46.9 Å². The van der Waals surface area contributed by atoms with Crippen molar-refractivity contribution >= 4 is 41.3 Å². The molecule has 0 saturated carbocycles. The first-order chi connectivity index (χ1) is 28.7. The van der Waals surface area contributed by atoms with Crippen molar-refractivity contribution in [2.75, 3.05) is 84.9 Å². The van der Waals surface area contributed by atoms with Crippen molar-refractivity contribution in [3.05, 3.63) is 58.1 Å². The number of aromatic hydroxyl groups is 1. The number of likely N-dealkylation sites (tertiary alicyclic amines) is 3. The van der Waals surface area contributed by atoms with E-state index in [2.05, 4.69) is 15.1 Å². The maximum absolute atomic E-state index is 14.2. The Kier molecular flexibility index (Phi) is 15.5. The van der Waals surface area contributed by atoms with Crippen molar-refractivity contribution in [3.63, 3.8) is 0 Å². The standard InChI is InChI=1S/C43H58ClF3N6O7/c1-49(2)16-5-25-59-38(54)15-19-50-17-8-30(9-18-50)31-10-20-51(21-11-31)40(56)37(28-29-26-34(43(45,46)47)39(55)35(44)27-29)60-42(58)52-22-13-33(14-23-52)53-24-12-32-6-3-4-7-36(32)48-41(53)57/h3-4,6-7,26-27,30-31,33,37,55H,5,8-25,28H2,1-2H3,(H,48,57)/t37-/m1/s1. The lowest BCUT2D eigenvalue weighted by molar-refractivity contribution is -0.144. The van der Waals surface area contributed by atoms with Gasteiger partial charge in [0, 0.05) is 64.0 Å². The molecule has 4 aliphatic heterocycles. The molecule has 1 atom stereocenters. The molecule has 2 aromatic rings. The minimum atomic E-state index is -4.91. The van der Waals surface area contributed by atoms with Crippen LogP contribution in [-0.4, -0.2) is 145 Å². The molecule has 2 aromatic carbocycles. The number of phenolic OH excluding ortho intramolecular Hbond substituents is 1. The molecule has 0 unspecified atom stereocenters. The molecule has 3 fully saturated rings. The molecule has 4 heterocycles.